The first-order chi connectivity index (χ1) is 15.6. The summed E-state index contributed by atoms with van der Waals surface area (Å²) < 4.78 is 5.44. The lowest BCUT2D eigenvalue weighted by atomic mass is 9.69. The lowest BCUT2D eigenvalue weighted by Crippen LogP contribution is -2.43. The number of hydrogen-bond donors (Lipinski definition) is 2. The molecular weight excluding hydrogens is 418 g/mol. The summed E-state index contributed by atoms with van der Waals surface area (Å²) in [7, 11) is 1.64. The standard InChI is InChI=1S/C25H35N5OS/c1-19-10-9-15-30(17-19)21-16-22(31-2)28-23(27-21)29-24(32)26-18-25(13-7-4-8-14-25)20-11-5-3-6-12-20/h3,5-6,11-12,16,19H,4,7-10,13-15,17-18H2,1-2H3,(H2,26,27,28,29,32). The summed E-state index contributed by atoms with van der Waals surface area (Å²) in [6.45, 7) is 5.11. The van der Waals surface area contributed by atoms with Gasteiger partial charge >= 0.3 is 0 Å². The van der Waals surface area contributed by atoms with Crippen LogP contribution >= 0.6 is 12.2 Å². The third-order valence-corrected chi connectivity index (χ3v) is 7.14. The monoisotopic (exact) mass is 453 g/mol. The Labute approximate surface area is 197 Å². The van der Waals surface area contributed by atoms with Gasteiger partial charge in [0.05, 0.1) is 7.11 Å². The second kappa shape index (κ2) is 10.5. The predicted molar refractivity (Wildman–Crippen MR) is 135 cm³/mol. The number of aromatic nitrogens is 2. The van der Waals surface area contributed by atoms with Crippen molar-refractivity contribution in [2.24, 2.45) is 5.92 Å². The molecule has 32 heavy (non-hydrogen) atoms. The van der Waals surface area contributed by atoms with Crippen molar-refractivity contribution in [2.75, 3.05) is 37.0 Å². The van der Waals surface area contributed by atoms with E-state index in [0.717, 1.165) is 25.5 Å². The Bertz CT molecular complexity index is 900. The van der Waals surface area contributed by atoms with Crippen LogP contribution in [0.3, 0.4) is 0 Å². The van der Waals surface area contributed by atoms with E-state index in [1.165, 1.54) is 50.5 Å². The van der Waals surface area contributed by atoms with E-state index in [-0.39, 0.29) is 5.41 Å². The molecule has 7 heteroatoms. The zero-order valence-corrected chi connectivity index (χ0v) is 20.1. The van der Waals surface area contributed by atoms with Crippen molar-refractivity contribution < 1.29 is 4.74 Å². The van der Waals surface area contributed by atoms with Crippen LogP contribution in [0.1, 0.15) is 57.4 Å². The van der Waals surface area contributed by atoms with Crippen LogP contribution in [-0.2, 0) is 5.41 Å². The lowest BCUT2D eigenvalue weighted by molar-refractivity contribution is 0.292. The summed E-state index contributed by atoms with van der Waals surface area (Å²) in [6, 6.07) is 12.8. The maximum Gasteiger partial charge on any atom is 0.234 e. The van der Waals surface area contributed by atoms with Gasteiger partial charge in [-0.1, -0.05) is 56.5 Å². The van der Waals surface area contributed by atoms with Gasteiger partial charge < -0.3 is 20.3 Å². The van der Waals surface area contributed by atoms with Crippen LogP contribution in [0, 0.1) is 5.92 Å². The van der Waals surface area contributed by atoms with Crippen LogP contribution in [0.25, 0.3) is 0 Å². The average molecular weight is 454 g/mol. The highest BCUT2D eigenvalue weighted by Gasteiger charge is 2.33. The Morgan fingerprint density at radius 1 is 1.16 bits per heavy atom. The van der Waals surface area contributed by atoms with Gasteiger partial charge in [-0.2, -0.15) is 9.97 Å². The molecule has 2 aliphatic rings. The summed E-state index contributed by atoms with van der Waals surface area (Å²) in [5.41, 5.74) is 1.52. The molecule has 2 fully saturated rings. The number of methoxy groups -OCH3 is 1. The van der Waals surface area contributed by atoms with E-state index in [2.05, 4.69) is 57.8 Å². The second-order valence-electron chi connectivity index (χ2n) is 9.30. The molecule has 0 spiro atoms. The first-order valence-corrected chi connectivity index (χ1v) is 12.3. The van der Waals surface area contributed by atoms with Gasteiger partial charge in [0, 0.05) is 31.1 Å². The van der Waals surface area contributed by atoms with E-state index in [4.69, 9.17) is 21.9 Å². The fraction of sp³-hybridized carbons (Fsp3) is 0.560. The van der Waals surface area contributed by atoms with Gasteiger partial charge in [-0.3, -0.25) is 0 Å². The summed E-state index contributed by atoms with van der Waals surface area (Å²) in [5.74, 6) is 2.58. The van der Waals surface area contributed by atoms with E-state index in [9.17, 15) is 0 Å². The van der Waals surface area contributed by atoms with Gasteiger partial charge in [0.1, 0.15) is 5.82 Å². The largest absolute Gasteiger partial charge is 0.481 e. The van der Waals surface area contributed by atoms with E-state index >= 15 is 0 Å². The first-order valence-electron chi connectivity index (χ1n) is 11.9. The fourth-order valence-electron chi connectivity index (χ4n) is 5.12. The topological polar surface area (TPSA) is 62.3 Å². The molecule has 2 N–H and O–H groups in total. The van der Waals surface area contributed by atoms with Crippen molar-refractivity contribution in [1.29, 1.82) is 0 Å². The Morgan fingerprint density at radius 2 is 1.94 bits per heavy atom. The lowest BCUT2D eigenvalue weighted by Gasteiger charge is -2.38. The van der Waals surface area contributed by atoms with Crippen molar-refractivity contribution in [3.05, 3.63) is 42.0 Å². The number of hydrogen-bond acceptors (Lipinski definition) is 5. The molecule has 4 rings (SSSR count). The number of nitrogens with one attached hydrogen (secondary N) is 2. The van der Waals surface area contributed by atoms with Crippen molar-refractivity contribution in [1.82, 2.24) is 15.3 Å². The highest BCUT2D eigenvalue weighted by Crippen LogP contribution is 2.39. The van der Waals surface area contributed by atoms with Crippen molar-refractivity contribution >= 4 is 29.1 Å². The number of nitrogens with zero attached hydrogens (tertiary/aromatic N) is 3. The van der Waals surface area contributed by atoms with Gasteiger partial charge in [-0.05, 0) is 49.4 Å². The third-order valence-electron chi connectivity index (χ3n) is 6.89. The molecular formula is C25H35N5OS. The van der Waals surface area contributed by atoms with Gasteiger partial charge in [-0.25, -0.2) is 0 Å². The smallest absolute Gasteiger partial charge is 0.234 e. The average Bonchev–Trinajstić information content (AvgIpc) is 2.84. The SMILES string of the molecule is COc1cc(N2CCCC(C)C2)nc(NC(=S)NCC2(c3ccccc3)CCCCC2)n1. The maximum atomic E-state index is 5.65. The van der Waals surface area contributed by atoms with Gasteiger partial charge in [-0.15, -0.1) is 0 Å². The molecule has 1 unspecified atom stereocenters. The predicted octanol–water partition coefficient (Wildman–Crippen LogP) is 4.91. The molecule has 1 aromatic carbocycles. The van der Waals surface area contributed by atoms with Crippen LogP contribution in [0.15, 0.2) is 36.4 Å². The van der Waals surface area contributed by atoms with Gasteiger partial charge in [0.25, 0.3) is 0 Å². The van der Waals surface area contributed by atoms with Crippen LogP contribution in [0.5, 0.6) is 5.88 Å². The van der Waals surface area contributed by atoms with Crippen molar-refractivity contribution in [3.63, 3.8) is 0 Å². The Balaban J connectivity index is 1.44. The van der Waals surface area contributed by atoms with Crippen LogP contribution in [-0.4, -0.2) is 41.8 Å². The molecule has 0 amide bonds. The first kappa shape index (κ1) is 22.8. The Kier molecular flexibility index (Phi) is 7.45. The molecule has 0 bridgehead atoms. The van der Waals surface area contributed by atoms with Crippen molar-refractivity contribution in [3.8, 4) is 5.88 Å². The molecule has 1 atom stereocenters. The number of ether oxygens (including phenoxy) is 1. The quantitative estimate of drug-likeness (QED) is 0.603. The number of piperidine rings is 1. The molecule has 2 aromatic rings. The van der Waals surface area contributed by atoms with Crippen LogP contribution < -0.4 is 20.3 Å². The highest BCUT2D eigenvalue weighted by molar-refractivity contribution is 7.80. The van der Waals surface area contributed by atoms with Crippen LogP contribution in [0.2, 0.25) is 0 Å². The maximum absolute atomic E-state index is 5.65. The minimum atomic E-state index is 0.121. The zero-order chi connectivity index (χ0) is 22.4. The summed E-state index contributed by atoms with van der Waals surface area (Å²) in [5, 5.41) is 7.23. The van der Waals surface area contributed by atoms with E-state index in [1.54, 1.807) is 7.11 Å². The fourth-order valence-corrected chi connectivity index (χ4v) is 5.28. The minimum absolute atomic E-state index is 0.121. The molecule has 0 radical (unpaired) electrons. The van der Waals surface area contributed by atoms with Gasteiger partial charge in [0.2, 0.25) is 11.8 Å². The van der Waals surface area contributed by atoms with Gasteiger partial charge in [0.15, 0.2) is 5.11 Å². The van der Waals surface area contributed by atoms with E-state index in [0.29, 0.717) is 22.9 Å². The molecule has 1 aliphatic carbocycles. The third kappa shape index (κ3) is 5.49. The summed E-state index contributed by atoms with van der Waals surface area (Å²) in [6.07, 6.45) is 8.63. The zero-order valence-electron chi connectivity index (χ0n) is 19.3. The highest BCUT2D eigenvalue weighted by atomic mass is 32.1. The minimum Gasteiger partial charge on any atom is -0.481 e. The molecule has 6 nitrogen and oxygen atoms in total. The van der Waals surface area contributed by atoms with Crippen molar-refractivity contribution in [2.45, 2.75) is 57.3 Å². The number of anilines is 2. The molecule has 1 saturated carbocycles. The Morgan fingerprint density at radius 3 is 2.66 bits per heavy atom. The Hall–Kier alpha value is -2.41. The number of thiocarbonyl (C=S) groups is 1. The number of rotatable bonds is 6. The summed E-state index contributed by atoms with van der Waals surface area (Å²) >= 11 is 5.65. The molecule has 1 saturated heterocycles. The van der Waals surface area contributed by atoms with E-state index < -0.39 is 0 Å². The molecule has 2 heterocycles. The van der Waals surface area contributed by atoms with Crippen LogP contribution in [0.4, 0.5) is 11.8 Å². The summed E-state index contributed by atoms with van der Waals surface area (Å²) in [4.78, 5) is 11.5. The molecule has 172 valence electrons. The van der Waals surface area contributed by atoms with E-state index in [1.807, 2.05) is 6.07 Å². The molecule has 1 aliphatic heterocycles. The number of benzene rings is 1. The molecule has 1 aromatic heterocycles. The second-order valence-corrected chi connectivity index (χ2v) is 9.71. The normalized spacial score (nSPS) is 20.4.